The molecule has 2 aromatic heterocycles. The first-order valence-electron chi connectivity index (χ1n) is 5.96. The highest BCUT2D eigenvalue weighted by atomic mass is 79.9. The molecule has 1 aliphatic rings. The van der Waals surface area contributed by atoms with Gasteiger partial charge in [-0.15, -0.1) is 11.3 Å². The average Bonchev–Trinajstić information content (AvgIpc) is 3.08. The van der Waals surface area contributed by atoms with Gasteiger partial charge in [0, 0.05) is 21.2 Å². The lowest BCUT2D eigenvalue weighted by atomic mass is 10.2. The van der Waals surface area contributed by atoms with Gasteiger partial charge >= 0.3 is 0 Å². The number of nitrogen functional groups attached to an aromatic ring is 1. The summed E-state index contributed by atoms with van der Waals surface area (Å²) in [6.07, 6.45) is 2.41. The Hall–Kier alpha value is -0.940. The molecule has 1 aliphatic carbocycles. The fraction of sp³-hybridized carbons (Fsp3) is 0.385. The normalized spacial score (nSPS) is 15.1. The lowest BCUT2D eigenvalue weighted by Crippen LogP contribution is -2.02. The first-order valence-corrected chi connectivity index (χ1v) is 7.57. The fourth-order valence-corrected chi connectivity index (χ4v) is 3.50. The van der Waals surface area contributed by atoms with Crippen LogP contribution in [0.3, 0.4) is 0 Å². The van der Waals surface area contributed by atoms with Crippen molar-refractivity contribution in [2.24, 2.45) is 0 Å². The number of nitrogens with zero attached hydrogens (tertiary/aromatic N) is 2. The molecule has 5 heteroatoms. The zero-order valence-corrected chi connectivity index (χ0v) is 12.7. The maximum Gasteiger partial charge on any atom is 0.162 e. The number of rotatable bonds is 2. The highest BCUT2D eigenvalue weighted by molar-refractivity contribution is 9.10. The van der Waals surface area contributed by atoms with Gasteiger partial charge in [-0.2, -0.15) is 0 Å². The topological polar surface area (TPSA) is 51.8 Å². The molecule has 0 radical (unpaired) electrons. The van der Waals surface area contributed by atoms with Crippen LogP contribution in [0, 0.1) is 13.8 Å². The average molecular weight is 324 g/mol. The second-order valence-corrected chi connectivity index (χ2v) is 6.99. The van der Waals surface area contributed by atoms with Crippen LogP contribution in [0.4, 0.5) is 5.82 Å². The van der Waals surface area contributed by atoms with Crippen molar-refractivity contribution in [1.29, 1.82) is 0 Å². The molecule has 3 nitrogen and oxygen atoms in total. The summed E-state index contributed by atoms with van der Waals surface area (Å²) in [4.78, 5) is 11.6. The van der Waals surface area contributed by atoms with Gasteiger partial charge < -0.3 is 5.73 Å². The third kappa shape index (κ3) is 2.06. The second kappa shape index (κ2) is 4.31. The van der Waals surface area contributed by atoms with E-state index >= 15 is 0 Å². The number of anilines is 1. The minimum absolute atomic E-state index is 0.546. The molecule has 0 aliphatic heterocycles. The number of hydrogen-bond acceptors (Lipinski definition) is 4. The van der Waals surface area contributed by atoms with Crippen molar-refractivity contribution in [2.45, 2.75) is 32.6 Å². The van der Waals surface area contributed by atoms with Gasteiger partial charge in [-0.3, -0.25) is 0 Å². The Morgan fingerprint density at radius 1 is 1.33 bits per heavy atom. The van der Waals surface area contributed by atoms with E-state index < -0.39 is 0 Å². The Morgan fingerprint density at radius 3 is 2.61 bits per heavy atom. The summed E-state index contributed by atoms with van der Waals surface area (Å²) < 4.78 is 0.873. The van der Waals surface area contributed by atoms with Crippen molar-refractivity contribution >= 4 is 33.1 Å². The van der Waals surface area contributed by atoms with Gasteiger partial charge in [0.05, 0.1) is 10.2 Å². The second-order valence-electron chi connectivity index (χ2n) is 4.73. The molecule has 0 atom stereocenters. The van der Waals surface area contributed by atoms with Crippen LogP contribution in [0.25, 0.3) is 11.4 Å². The van der Waals surface area contributed by atoms with Crippen LogP contribution in [-0.4, -0.2) is 9.97 Å². The molecule has 1 saturated carbocycles. The van der Waals surface area contributed by atoms with Gasteiger partial charge in [0.2, 0.25) is 0 Å². The lowest BCUT2D eigenvalue weighted by Gasteiger charge is -2.07. The van der Waals surface area contributed by atoms with Crippen LogP contribution in [0.15, 0.2) is 10.5 Å². The monoisotopic (exact) mass is 323 g/mol. The third-order valence-corrected chi connectivity index (χ3v) is 4.93. The summed E-state index contributed by atoms with van der Waals surface area (Å²) in [5.74, 6) is 1.87. The molecule has 18 heavy (non-hydrogen) atoms. The molecule has 2 heterocycles. The zero-order chi connectivity index (χ0) is 12.9. The van der Waals surface area contributed by atoms with Crippen molar-refractivity contribution in [2.75, 3.05) is 5.73 Å². The van der Waals surface area contributed by atoms with Crippen molar-refractivity contribution in [1.82, 2.24) is 9.97 Å². The highest BCUT2D eigenvalue weighted by Crippen LogP contribution is 2.44. The number of nitrogens with two attached hydrogens (primary N) is 1. The van der Waals surface area contributed by atoms with Crippen LogP contribution in [0.2, 0.25) is 0 Å². The Bertz CT molecular complexity index is 617. The Labute approximate surface area is 119 Å². The fourth-order valence-electron chi connectivity index (χ4n) is 2.08. The van der Waals surface area contributed by atoms with Crippen molar-refractivity contribution < 1.29 is 0 Å². The summed E-state index contributed by atoms with van der Waals surface area (Å²) in [5, 5.41) is 0. The maximum atomic E-state index is 5.99. The highest BCUT2D eigenvalue weighted by Gasteiger charge is 2.29. The molecule has 2 aromatic rings. The van der Waals surface area contributed by atoms with Gasteiger partial charge in [-0.1, -0.05) is 0 Å². The molecule has 0 unspecified atom stereocenters. The Balaban J connectivity index is 2.15. The SMILES string of the molecule is Cc1cc(-c2nc(N)c(Br)c(C3CC3)n2)c(C)s1. The molecule has 0 bridgehead atoms. The van der Waals surface area contributed by atoms with Crippen molar-refractivity contribution in [3.63, 3.8) is 0 Å². The van der Waals surface area contributed by atoms with E-state index in [0.717, 1.165) is 21.6 Å². The summed E-state index contributed by atoms with van der Waals surface area (Å²) in [5.41, 5.74) is 8.17. The third-order valence-electron chi connectivity index (χ3n) is 3.15. The molecule has 0 aromatic carbocycles. The van der Waals surface area contributed by atoms with E-state index in [0.29, 0.717) is 11.7 Å². The van der Waals surface area contributed by atoms with E-state index in [1.807, 2.05) is 0 Å². The largest absolute Gasteiger partial charge is 0.383 e. The van der Waals surface area contributed by atoms with Crippen LogP contribution in [0.5, 0.6) is 0 Å². The minimum atomic E-state index is 0.546. The molecule has 3 rings (SSSR count). The lowest BCUT2D eigenvalue weighted by molar-refractivity contribution is 0.984. The predicted octanol–water partition coefficient (Wildman–Crippen LogP) is 4.04. The van der Waals surface area contributed by atoms with Gasteiger partial charge in [0.1, 0.15) is 5.82 Å². The molecule has 0 amide bonds. The van der Waals surface area contributed by atoms with Crippen LogP contribution in [0.1, 0.15) is 34.2 Å². The Kier molecular flexibility index (Phi) is 2.90. The number of thiophene rings is 1. The predicted molar refractivity (Wildman–Crippen MR) is 78.9 cm³/mol. The summed E-state index contributed by atoms with van der Waals surface area (Å²) in [6, 6.07) is 2.14. The Morgan fingerprint density at radius 2 is 2.06 bits per heavy atom. The van der Waals surface area contributed by atoms with E-state index in [9.17, 15) is 0 Å². The smallest absolute Gasteiger partial charge is 0.162 e. The number of aryl methyl sites for hydroxylation is 2. The van der Waals surface area contributed by atoms with E-state index in [4.69, 9.17) is 10.7 Å². The van der Waals surface area contributed by atoms with Crippen molar-refractivity contribution in [3.05, 3.63) is 26.0 Å². The summed E-state index contributed by atoms with van der Waals surface area (Å²) in [7, 11) is 0. The number of halogens is 1. The molecule has 2 N–H and O–H groups in total. The molecule has 0 saturated heterocycles. The molecular weight excluding hydrogens is 310 g/mol. The van der Waals surface area contributed by atoms with Crippen LogP contribution >= 0.6 is 27.3 Å². The zero-order valence-electron chi connectivity index (χ0n) is 10.3. The first kappa shape index (κ1) is 12.1. The quantitative estimate of drug-likeness (QED) is 0.907. The van der Waals surface area contributed by atoms with Crippen LogP contribution < -0.4 is 5.73 Å². The molecular formula is C13H14BrN3S. The molecule has 0 spiro atoms. The summed E-state index contributed by atoms with van der Waals surface area (Å²) >= 11 is 5.28. The number of hydrogen-bond donors (Lipinski definition) is 1. The van der Waals surface area contributed by atoms with Crippen molar-refractivity contribution in [3.8, 4) is 11.4 Å². The number of aromatic nitrogens is 2. The van der Waals surface area contributed by atoms with E-state index in [1.165, 1.54) is 22.6 Å². The maximum absolute atomic E-state index is 5.99. The van der Waals surface area contributed by atoms with Gasteiger partial charge in [0.25, 0.3) is 0 Å². The standard InChI is InChI=1S/C13H14BrN3S/c1-6-5-9(7(2)18-6)13-16-11(8-3-4-8)10(14)12(15)17-13/h5,8H,3-4H2,1-2H3,(H2,15,16,17). The summed E-state index contributed by atoms with van der Waals surface area (Å²) in [6.45, 7) is 4.20. The van der Waals surface area contributed by atoms with Gasteiger partial charge in [-0.25, -0.2) is 9.97 Å². The van der Waals surface area contributed by atoms with E-state index in [2.05, 4.69) is 40.8 Å². The minimum Gasteiger partial charge on any atom is -0.383 e. The molecule has 94 valence electrons. The van der Waals surface area contributed by atoms with Gasteiger partial charge in [0.15, 0.2) is 5.82 Å². The van der Waals surface area contributed by atoms with Gasteiger partial charge in [-0.05, 0) is 48.7 Å². The van der Waals surface area contributed by atoms with E-state index in [-0.39, 0.29) is 0 Å². The first-order chi connectivity index (χ1) is 8.56. The van der Waals surface area contributed by atoms with Crippen LogP contribution in [-0.2, 0) is 0 Å². The van der Waals surface area contributed by atoms with E-state index in [1.54, 1.807) is 11.3 Å². The molecule has 1 fully saturated rings.